The normalized spacial score (nSPS) is 16.5. The number of unbranched alkanes of at least 4 members (excludes halogenated alkanes) is 1. The SMILES string of the molecule is CCCCC(O)[C@@H](NC(=O)C(NC(=O)C(NC(=O)OC(C)(C)C)C(C)C)C(C)C)[C@H](C)CC. The number of hydrogen-bond acceptors (Lipinski definition) is 5. The highest BCUT2D eigenvalue weighted by Gasteiger charge is 2.34. The molecule has 8 nitrogen and oxygen atoms in total. The van der Waals surface area contributed by atoms with E-state index in [2.05, 4.69) is 22.9 Å². The number of amides is 3. The minimum absolute atomic E-state index is 0.0848. The average molecular weight is 472 g/mol. The summed E-state index contributed by atoms with van der Waals surface area (Å²) in [6, 6.07) is -2.05. The van der Waals surface area contributed by atoms with E-state index in [1.165, 1.54) is 0 Å². The lowest BCUT2D eigenvalue weighted by molar-refractivity contribution is -0.132. The molecule has 4 N–H and O–H groups in total. The molecule has 0 spiro atoms. The van der Waals surface area contributed by atoms with Gasteiger partial charge in [0, 0.05) is 0 Å². The predicted molar refractivity (Wildman–Crippen MR) is 132 cm³/mol. The molecule has 8 heteroatoms. The molecule has 194 valence electrons. The summed E-state index contributed by atoms with van der Waals surface area (Å²) in [5.41, 5.74) is -0.688. The highest BCUT2D eigenvalue weighted by atomic mass is 16.6. The van der Waals surface area contributed by atoms with Crippen LogP contribution in [0.1, 0.15) is 94.9 Å². The molecular weight excluding hydrogens is 422 g/mol. The second kappa shape index (κ2) is 14.4. The monoisotopic (exact) mass is 471 g/mol. The molecule has 0 saturated heterocycles. The zero-order chi connectivity index (χ0) is 25.9. The lowest BCUT2D eigenvalue weighted by Crippen LogP contribution is -2.59. The van der Waals surface area contributed by atoms with Crippen LogP contribution < -0.4 is 16.0 Å². The Bertz CT molecular complexity index is 616. The topological polar surface area (TPSA) is 117 Å². The molecule has 3 unspecified atom stereocenters. The van der Waals surface area contributed by atoms with Gasteiger partial charge in [0.25, 0.3) is 0 Å². The second-order valence-corrected chi connectivity index (χ2v) is 10.7. The van der Waals surface area contributed by atoms with Crippen LogP contribution in [0, 0.1) is 17.8 Å². The summed E-state index contributed by atoms with van der Waals surface area (Å²) >= 11 is 0. The largest absolute Gasteiger partial charge is 0.444 e. The van der Waals surface area contributed by atoms with Crippen LogP contribution in [0.5, 0.6) is 0 Å². The van der Waals surface area contributed by atoms with Crippen molar-refractivity contribution >= 4 is 17.9 Å². The molecule has 0 saturated carbocycles. The standard InChI is InChI=1S/C25H49N3O5/c1-11-13-14-18(29)21(17(7)12-2)27-22(30)19(15(3)4)26-23(31)20(16(5)6)28-24(32)33-25(8,9)10/h15-21,29H,11-14H2,1-10H3,(H,26,31)(H,27,30)(H,28,32)/t17-,18?,19?,20?,21+/m1/s1. The lowest BCUT2D eigenvalue weighted by Gasteiger charge is -2.32. The first-order valence-corrected chi connectivity index (χ1v) is 12.4. The van der Waals surface area contributed by atoms with Gasteiger partial charge in [0.1, 0.15) is 17.7 Å². The third-order valence-electron chi connectivity index (χ3n) is 5.70. The van der Waals surface area contributed by atoms with E-state index < -0.39 is 41.8 Å². The van der Waals surface area contributed by atoms with E-state index >= 15 is 0 Å². The highest BCUT2D eigenvalue weighted by Crippen LogP contribution is 2.17. The summed E-state index contributed by atoms with van der Waals surface area (Å²) in [5.74, 6) is -1.09. The van der Waals surface area contributed by atoms with Gasteiger partial charge >= 0.3 is 6.09 Å². The number of aliphatic hydroxyl groups is 1. The van der Waals surface area contributed by atoms with Gasteiger partial charge < -0.3 is 25.8 Å². The molecule has 0 aliphatic carbocycles. The Balaban J connectivity index is 5.45. The molecule has 0 aromatic carbocycles. The molecule has 0 aromatic rings. The van der Waals surface area contributed by atoms with Crippen LogP contribution in [0.2, 0.25) is 0 Å². The first kappa shape index (κ1) is 31.2. The Morgan fingerprint density at radius 2 is 1.33 bits per heavy atom. The van der Waals surface area contributed by atoms with Crippen molar-refractivity contribution < 1.29 is 24.2 Å². The molecule has 0 aliphatic heterocycles. The van der Waals surface area contributed by atoms with Gasteiger partial charge in [-0.05, 0) is 44.9 Å². The Hall–Kier alpha value is -1.83. The van der Waals surface area contributed by atoms with Gasteiger partial charge in [0.2, 0.25) is 11.8 Å². The molecule has 5 atom stereocenters. The van der Waals surface area contributed by atoms with Crippen LogP contribution in [0.15, 0.2) is 0 Å². The van der Waals surface area contributed by atoms with E-state index in [4.69, 9.17) is 4.74 Å². The van der Waals surface area contributed by atoms with Crippen LogP contribution in [0.4, 0.5) is 4.79 Å². The first-order chi connectivity index (χ1) is 15.1. The summed E-state index contributed by atoms with van der Waals surface area (Å²) < 4.78 is 5.28. The number of rotatable bonds is 13. The molecular formula is C25H49N3O5. The van der Waals surface area contributed by atoms with Crippen molar-refractivity contribution in [2.45, 2.75) is 125 Å². The number of alkyl carbamates (subject to hydrolysis) is 1. The van der Waals surface area contributed by atoms with E-state index in [1.807, 2.05) is 41.5 Å². The predicted octanol–water partition coefficient (Wildman–Crippen LogP) is 3.76. The first-order valence-electron chi connectivity index (χ1n) is 12.4. The van der Waals surface area contributed by atoms with Crippen LogP contribution in [-0.2, 0) is 14.3 Å². The quantitative estimate of drug-likeness (QED) is 0.326. The minimum atomic E-state index is -0.852. The van der Waals surface area contributed by atoms with Crippen molar-refractivity contribution in [3.05, 3.63) is 0 Å². The smallest absolute Gasteiger partial charge is 0.408 e. The molecule has 0 rings (SSSR count). The zero-order valence-corrected chi connectivity index (χ0v) is 22.5. The van der Waals surface area contributed by atoms with Crippen LogP contribution in [-0.4, -0.2) is 52.8 Å². The molecule has 3 amide bonds. The van der Waals surface area contributed by atoms with E-state index in [1.54, 1.807) is 20.8 Å². The van der Waals surface area contributed by atoms with Gasteiger partial charge in [-0.15, -0.1) is 0 Å². The van der Waals surface area contributed by atoms with Crippen LogP contribution in [0.25, 0.3) is 0 Å². The molecule has 0 radical (unpaired) electrons. The number of hydrogen-bond donors (Lipinski definition) is 4. The fraction of sp³-hybridized carbons (Fsp3) is 0.880. The lowest BCUT2D eigenvalue weighted by atomic mass is 9.90. The van der Waals surface area contributed by atoms with E-state index in [0.29, 0.717) is 6.42 Å². The van der Waals surface area contributed by atoms with E-state index in [0.717, 1.165) is 19.3 Å². The van der Waals surface area contributed by atoms with Gasteiger partial charge in [-0.25, -0.2) is 4.79 Å². The number of ether oxygens (including phenoxy) is 1. The Kier molecular flexibility index (Phi) is 13.6. The maximum Gasteiger partial charge on any atom is 0.408 e. The fourth-order valence-electron chi connectivity index (χ4n) is 3.47. The molecule has 33 heavy (non-hydrogen) atoms. The molecule has 0 aromatic heterocycles. The van der Waals surface area contributed by atoms with Gasteiger partial charge in [0.15, 0.2) is 0 Å². The number of carbonyl (C=O) groups is 3. The Morgan fingerprint density at radius 1 is 0.848 bits per heavy atom. The van der Waals surface area contributed by atoms with Crippen molar-refractivity contribution in [2.75, 3.05) is 0 Å². The molecule has 0 fully saturated rings. The van der Waals surface area contributed by atoms with Crippen molar-refractivity contribution in [3.8, 4) is 0 Å². The van der Waals surface area contributed by atoms with Crippen molar-refractivity contribution in [1.82, 2.24) is 16.0 Å². The number of nitrogens with one attached hydrogen (secondary N) is 3. The highest BCUT2D eigenvalue weighted by molar-refractivity contribution is 5.91. The van der Waals surface area contributed by atoms with Crippen molar-refractivity contribution in [3.63, 3.8) is 0 Å². The van der Waals surface area contributed by atoms with Gasteiger partial charge in [0.05, 0.1) is 12.1 Å². The van der Waals surface area contributed by atoms with Crippen LogP contribution >= 0.6 is 0 Å². The minimum Gasteiger partial charge on any atom is -0.444 e. The summed E-state index contributed by atoms with van der Waals surface area (Å²) in [4.78, 5) is 38.5. The zero-order valence-electron chi connectivity index (χ0n) is 22.5. The summed E-state index contributed by atoms with van der Waals surface area (Å²) in [6.45, 7) is 18.7. The van der Waals surface area contributed by atoms with Crippen LogP contribution in [0.3, 0.4) is 0 Å². The fourth-order valence-corrected chi connectivity index (χ4v) is 3.47. The molecule has 0 bridgehead atoms. The van der Waals surface area contributed by atoms with Crippen molar-refractivity contribution in [2.24, 2.45) is 17.8 Å². The second-order valence-electron chi connectivity index (χ2n) is 10.7. The summed E-state index contributed by atoms with van der Waals surface area (Å²) in [7, 11) is 0. The summed E-state index contributed by atoms with van der Waals surface area (Å²) in [6.07, 6.45) is 1.93. The van der Waals surface area contributed by atoms with Gasteiger partial charge in [-0.2, -0.15) is 0 Å². The number of carbonyl (C=O) groups excluding carboxylic acids is 3. The Labute approximate surface area is 201 Å². The van der Waals surface area contributed by atoms with Gasteiger partial charge in [-0.3, -0.25) is 9.59 Å². The maximum atomic E-state index is 13.2. The van der Waals surface area contributed by atoms with E-state index in [9.17, 15) is 19.5 Å². The third kappa shape index (κ3) is 11.7. The van der Waals surface area contributed by atoms with Crippen molar-refractivity contribution in [1.29, 1.82) is 0 Å². The van der Waals surface area contributed by atoms with E-state index in [-0.39, 0.29) is 23.7 Å². The molecule has 0 aliphatic rings. The Morgan fingerprint density at radius 3 is 1.76 bits per heavy atom. The average Bonchev–Trinajstić information content (AvgIpc) is 2.69. The molecule has 0 heterocycles. The maximum absolute atomic E-state index is 13.2. The van der Waals surface area contributed by atoms with Gasteiger partial charge in [-0.1, -0.05) is 67.7 Å². The third-order valence-corrected chi connectivity index (χ3v) is 5.70. The number of aliphatic hydroxyl groups excluding tert-OH is 1. The summed E-state index contributed by atoms with van der Waals surface area (Å²) in [5, 5.41) is 19.1.